The standard InChI is InChI=1S/C18H34O7/c1-11(2)6-5-8-18(3,4)9-7-13(19)24-10-12-14(20)15(21)16(22)17(23)25-12/h11-12,14-17,20-23H,5-10H2,1-4H3. The second kappa shape index (κ2) is 9.83. The molecule has 0 aromatic carbocycles. The lowest BCUT2D eigenvalue weighted by Gasteiger charge is -2.37. The van der Waals surface area contributed by atoms with E-state index in [4.69, 9.17) is 9.47 Å². The van der Waals surface area contributed by atoms with Crippen LogP contribution in [-0.2, 0) is 14.3 Å². The summed E-state index contributed by atoms with van der Waals surface area (Å²) in [5.74, 6) is 0.259. The van der Waals surface area contributed by atoms with E-state index in [1.165, 1.54) is 6.42 Å². The van der Waals surface area contributed by atoms with Crippen LogP contribution in [0.2, 0.25) is 0 Å². The van der Waals surface area contributed by atoms with Crippen molar-refractivity contribution in [2.45, 2.75) is 90.5 Å². The fourth-order valence-corrected chi connectivity index (χ4v) is 2.87. The Labute approximate surface area is 150 Å². The van der Waals surface area contributed by atoms with Crippen molar-refractivity contribution in [1.29, 1.82) is 0 Å². The summed E-state index contributed by atoms with van der Waals surface area (Å²) in [4.78, 5) is 11.9. The van der Waals surface area contributed by atoms with Crippen molar-refractivity contribution in [2.24, 2.45) is 11.3 Å². The van der Waals surface area contributed by atoms with Gasteiger partial charge in [-0.25, -0.2) is 0 Å². The molecule has 1 fully saturated rings. The van der Waals surface area contributed by atoms with Crippen LogP contribution in [0.3, 0.4) is 0 Å². The summed E-state index contributed by atoms with van der Waals surface area (Å²) < 4.78 is 10.1. The van der Waals surface area contributed by atoms with Gasteiger partial charge in [-0.05, 0) is 24.2 Å². The first kappa shape index (κ1) is 22.3. The average Bonchev–Trinajstić information content (AvgIpc) is 2.52. The van der Waals surface area contributed by atoms with Gasteiger partial charge in [-0.1, -0.05) is 40.5 Å². The molecule has 1 aliphatic rings. The maximum Gasteiger partial charge on any atom is 0.305 e. The van der Waals surface area contributed by atoms with Gasteiger partial charge in [0.15, 0.2) is 6.29 Å². The minimum absolute atomic E-state index is 0.0469. The molecule has 1 saturated heterocycles. The number of hydrogen-bond acceptors (Lipinski definition) is 7. The number of carbonyl (C=O) groups excluding carboxylic acids is 1. The topological polar surface area (TPSA) is 116 Å². The Kier molecular flexibility index (Phi) is 8.77. The van der Waals surface area contributed by atoms with Crippen molar-refractivity contribution in [3.63, 3.8) is 0 Å². The van der Waals surface area contributed by atoms with Gasteiger partial charge >= 0.3 is 5.97 Å². The Morgan fingerprint density at radius 2 is 1.72 bits per heavy atom. The third-order valence-corrected chi connectivity index (χ3v) is 4.74. The average molecular weight is 362 g/mol. The van der Waals surface area contributed by atoms with Crippen LogP contribution in [0, 0.1) is 11.3 Å². The van der Waals surface area contributed by atoms with Gasteiger partial charge in [-0.2, -0.15) is 0 Å². The van der Waals surface area contributed by atoms with Crippen molar-refractivity contribution in [3.8, 4) is 0 Å². The number of aliphatic hydroxyl groups excluding tert-OH is 4. The summed E-state index contributed by atoms with van der Waals surface area (Å²) in [5.41, 5.74) is 0.0469. The lowest BCUT2D eigenvalue weighted by atomic mass is 9.82. The van der Waals surface area contributed by atoms with E-state index in [0.29, 0.717) is 12.3 Å². The van der Waals surface area contributed by atoms with E-state index < -0.39 is 36.7 Å². The van der Waals surface area contributed by atoms with E-state index >= 15 is 0 Å². The minimum Gasteiger partial charge on any atom is -0.463 e. The van der Waals surface area contributed by atoms with Gasteiger partial charge in [0.2, 0.25) is 0 Å². The second-order valence-corrected chi connectivity index (χ2v) is 8.17. The Morgan fingerprint density at radius 3 is 2.32 bits per heavy atom. The first-order valence-corrected chi connectivity index (χ1v) is 9.07. The monoisotopic (exact) mass is 362 g/mol. The highest BCUT2D eigenvalue weighted by Gasteiger charge is 2.43. The molecule has 0 aliphatic carbocycles. The zero-order valence-corrected chi connectivity index (χ0v) is 15.7. The third-order valence-electron chi connectivity index (χ3n) is 4.74. The van der Waals surface area contributed by atoms with Crippen LogP contribution < -0.4 is 0 Å². The zero-order chi connectivity index (χ0) is 19.2. The largest absolute Gasteiger partial charge is 0.463 e. The van der Waals surface area contributed by atoms with Crippen molar-refractivity contribution in [2.75, 3.05) is 6.61 Å². The highest BCUT2D eigenvalue weighted by Crippen LogP contribution is 2.30. The molecule has 0 aromatic rings. The fraction of sp³-hybridized carbons (Fsp3) is 0.944. The van der Waals surface area contributed by atoms with E-state index in [9.17, 15) is 25.2 Å². The molecule has 0 bridgehead atoms. The van der Waals surface area contributed by atoms with Gasteiger partial charge in [-0.15, -0.1) is 0 Å². The Hall–Kier alpha value is -0.730. The van der Waals surface area contributed by atoms with Crippen molar-refractivity contribution < 1.29 is 34.7 Å². The maximum absolute atomic E-state index is 11.9. The van der Waals surface area contributed by atoms with Gasteiger partial charge in [0, 0.05) is 6.42 Å². The van der Waals surface area contributed by atoms with Gasteiger partial charge in [0.05, 0.1) is 0 Å². The SMILES string of the molecule is CC(C)CCCC(C)(C)CCC(=O)OCC1OC(O)C(O)C(O)C1O. The van der Waals surface area contributed by atoms with Crippen molar-refractivity contribution >= 4 is 5.97 Å². The van der Waals surface area contributed by atoms with Crippen molar-refractivity contribution in [3.05, 3.63) is 0 Å². The number of hydrogen-bond donors (Lipinski definition) is 4. The van der Waals surface area contributed by atoms with Crippen LogP contribution in [-0.4, -0.2) is 63.7 Å². The molecule has 5 unspecified atom stereocenters. The van der Waals surface area contributed by atoms with Gasteiger partial charge in [-0.3, -0.25) is 4.79 Å². The molecule has 0 aromatic heterocycles. The van der Waals surface area contributed by atoms with Gasteiger partial charge in [0.1, 0.15) is 31.0 Å². The second-order valence-electron chi connectivity index (χ2n) is 8.17. The van der Waals surface area contributed by atoms with Crippen LogP contribution in [0.5, 0.6) is 0 Å². The number of aliphatic hydroxyl groups is 4. The third kappa shape index (κ3) is 7.58. The van der Waals surface area contributed by atoms with Crippen LogP contribution >= 0.6 is 0 Å². The molecule has 0 spiro atoms. The van der Waals surface area contributed by atoms with Crippen LogP contribution in [0.1, 0.15) is 59.8 Å². The zero-order valence-electron chi connectivity index (χ0n) is 15.7. The molecule has 1 heterocycles. The van der Waals surface area contributed by atoms with E-state index in [1.54, 1.807) is 0 Å². The maximum atomic E-state index is 11.9. The molecule has 0 saturated carbocycles. The molecular weight excluding hydrogens is 328 g/mol. The highest BCUT2D eigenvalue weighted by molar-refractivity contribution is 5.69. The highest BCUT2D eigenvalue weighted by atomic mass is 16.6. The van der Waals surface area contributed by atoms with Crippen LogP contribution in [0.15, 0.2) is 0 Å². The summed E-state index contributed by atoms with van der Waals surface area (Å²) in [5, 5.41) is 38.3. The van der Waals surface area contributed by atoms with E-state index in [1.807, 2.05) is 0 Å². The summed E-state index contributed by atoms with van der Waals surface area (Å²) >= 11 is 0. The van der Waals surface area contributed by atoms with E-state index in [-0.39, 0.29) is 18.4 Å². The molecule has 7 nitrogen and oxygen atoms in total. The number of esters is 1. The lowest BCUT2D eigenvalue weighted by molar-refractivity contribution is -0.287. The molecule has 1 aliphatic heterocycles. The predicted molar refractivity (Wildman–Crippen MR) is 91.6 cm³/mol. The molecule has 4 N–H and O–H groups in total. The summed E-state index contributed by atoms with van der Waals surface area (Å²) in [6, 6.07) is 0. The predicted octanol–water partition coefficient (Wildman–Crippen LogP) is 0.962. The van der Waals surface area contributed by atoms with Crippen LogP contribution in [0.4, 0.5) is 0 Å². The van der Waals surface area contributed by atoms with Gasteiger partial charge < -0.3 is 29.9 Å². The number of carbonyl (C=O) groups is 1. The molecular formula is C18H34O7. The number of ether oxygens (including phenoxy) is 2. The minimum atomic E-state index is -1.62. The molecule has 0 amide bonds. The number of rotatable bonds is 9. The van der Waals surface area contributed by atoms with E-state index in [0.717, 1.165) is 12.8 Å². The first-order chi connectivity index (χ1) is 11.5. The molecule has 148 valence electrons. The smallest absolute Gasteiger partial charge is 0.305 e. The van der Waals surface area contributed by atoms with Crippen LogP contribution in [0.25, 0.3) is 0 Å². The Morgan fingerprint density at radius 1 is 1.08 bits per heavy atom. The quantitative estimate of drug-likeness (QED) is 0.451. The molecule has 1 rings (SSSR count). The Bertz CT molecular complexity index is 410. The molecule has 25 heavy (non-hydrogen) atoms. The Balaban J connectivity index is 2.32. The van der Waals surface area contributed by atoms with Crippen molar-refractivity contribution in [1.82, 2.24) is 0 Å². The molecule has 7 heteroatoms. The molecule has 5 atom stereocenters. The first-order valence-electron chi connectivity index (χ1n) is 9.07. The van der Waals surface area contributed by atoms with Gasteiger partial charge in [0.25, 0.3) is 0 Å². The lowest BCUT2D eigenvalue weighted by Crippen LogP contribution is -2.58. The summed E-state index contributed by atoms with van der Waals surface area (Å²) in [6.07, 6.45) is -2.98. The summed E-state index contributed by atoms with van der Waals surface area (Å²) in [7, 11) is 0. The van der Waals surface area contributed by atoms with E-state index in [2.05, 4.69) is 27.7 Å². The fourth-order valence-electron chi connectivity index (χ4n) is 2.87. The molecule has 0 radical (unpaired) electrons. The summed E-state index contributed by atoms with van der Waals surface area (Å²) in [6.45, 7) is 8.36. The normalized spacial score (nSPS) is 30.5.